The van der Waals surface area contributed by atoms with Gasteiger partial charge in [-0.05, 0) is 136 Å². The van der Waals surface area contributed by atoms with Gasteiger partial charge in [0.1, 0.15) is 5.41 Å². The predicted octanol–water partition coefficient (Wildman–Crippen LogP) is 9.55. The second kappa shape index (κ2) is 22.8. The topological polar surface area (TPSA) is 77.5 Å². The molecule has 0 N–H and O–H groups in total. The Morgan fingerprint density at radius 1 is 0.542 bits per heavy atom. The number of carbonyl (C=O) groups excluding carboxylic acids is 2. The molecule has 59 heavy (non-hydrogen) atoms. The summed E-state index contributed by atoms with van der Waals surface area (Å²) < 4.78 is 23.7. The second-order valence-corrected chi connectivity index (χ2v) is 15.8. The van der Waals surface area contributed by atoms with Crippen LogP contribution in [0.2, 0.25) is 0 Å². The van der Waals surface area contributed by atoms with Crippen molar-refractivity contribution in [3.8, 4) is 23.0 Å². The summed E-state index contributed by atoms with van der Waals surface area (Å²) in [6.07, 6.45) is 16.7. The molecule has 0 unspecified atom stereocenters. The predicted molar refractivity (Wildman–Crippen MR) is 238 cm³/mol. The molecule has 2 aliphatic rings. The molecule has 4 aromatic carbocycles. The Morgan fingerprint density at radius 2 is 0.949 bits per heavy atom. The van der Waals surface area contributed by atoms with E-state index in [4.69, 9.17) is 18.9 Å². The van der Waals surface area contributed by atoms with Gasteiger partial charge in [-0.3, -0.25) is 9.59 Å². The summed E-state index contributed by atoms with van der Waals surface area (Å²) >= 11 is 0. The van der Waals surface area contributed by atoms with E-state index in [1.165, 1.54) is 64.7 Å². The van der Waals surface area contributed by atoms with Crippen molar-refractivity contribution in [1.82, 2.24) is 9.80 Å². The molecular weight excluding hydrogens is 737 g/mol. The van der Waals surface area contributed by atoms with E-state index in [2.05, 4.69) is 9.80 Å². The Balaban J connectivity index is 1.20. The van der Waals surface area contributed by atoms with Crippen LogP contribution in [0.3, 0.4) is 0 Å². The molecule has 8 heteroatoms. The summed E-state index contributed by atoms with van der Waals surface area (Å²) in [6, 6.07) is 30.9. The van der Waals surface area contributed by atoms with Gasteiger partial charge < -0.3 is 28.7 Å². The first-order valence-corrected chi connectivity index (χ1v) is 21.5. The standard InChI is InChI=1S/C51H62N2O6/c1-56-47-37-41(21-25-45(47)58-35-15-33-52-29-11-5-12-30-52)23-27-49(54)51(39-43-17-7-3-8-18-43,40-44-19-9-4-10-20-44)50(55)28-24-42-22-26-46(48(38-42)57-2)59-36-16-34-53-31-13-6-14-32-53/h3-4,7-10,17-28,37-38H,5-6,11-16,29-36,39-40H2,1-2H3/b27-23-,28-24+. The number of methoxy groups -OCH3 is 2. The van der Waals surface area contributed by atoms with Crippen LogP contribution < -0.4 is 18.9 Å². The highest BCUT2D eigenvalue weighted by molar-refractivity contribution is 6.17. The molecule has 0 saturated carbocycles. The van der Waals surface area contributed by atoms with Crippen molar-refractivity contribution < 1.29 is 28.5 Å². The van der Waals surface area contributed by atoms with Crippen molar-refractivity contribution in [1.29, 1.82) is 0 Å². The molecule has 2 heterocycles. The van der Waals surface area contributed by atoms with Crippen LogP contribution in [0.15, 0.2) is 109 Å². The van der Waals surface area contributed by atoms with Gasteiger partial charge in [0.2, 0.25) is 0 Å². The molecule has 6 rings (SSSR count). The summed E-state index contributed by atoms with van der Waals surface area (Å²) in [5.41, 5.74) is 1.93. The maximum Gasteiger partial charge on any atom is 0.170 e. The number of benzene rings is 4. The molecule has 2 fully saturated rings. The van der Waals surface area contributed by atoms with E-state index in [1.807, 2.05) is 97.1 Å². The molecule has 0 bridgehead atoms. The van der Waals surface area contributed by atoms with Crippen LogP contribution in [0, 0.1) is 5.41 Å². The van der Waals surface area contributed by atoms with Gasteiger partial charge in [0.05, 0.1) is 27.4 Å². The minimum Gasteiger partial charge on any atom is -0.493 e. The lowest BCUT2D eigenvalue weighted by Gasteiger charge is -2.29. The quantitative estimate of drug-likeness (QED) is 0.0442. The molecule has 0 spiro atoms. The Bertz CT molecular complexity index is 1820. The highest BCUT2D eigenvalue weighted by Gasteiger charge is 2.43. The minimum absolute atomic E-state index is 0.232. The lowest BCUT2D eigenvalue weighted by Crippen LogP contribution is -2.42. The van der Waals surface area contributed by atoms with Crippen LogP contribution >= 0.6 is 0 Å². The maximum atomic E-state index is 14.8. The fourth-order valence-electron chi connectivity index (χ4n) is 8.20. The van der Waals surface area contributed by atoms with Crippen LogP contribution in [0.25, 0.3) is 12.2 Å². The van der Waals surface area contributed by atoms with E-state index in [0.717, 1.165) is 48.2 Å². The monoisotopic (exact) mass is 798 g/mol. The minimum atomic E-state index is -1.42. The number of allylic oxidation sites excluding steroid dienone is 2. The highest BCUT2D eigenvalue weighted by Crippen LogP contribution is 2.35. The van der Waals surface area contributed by atoms with Crippen molar-refractivity contribution >= 4 is 23.7 Å². The molecular formula is C51H62N2O6. The van der Waals surface area contributed by atoms with E-state index in [9.17, 15) is 9.59 Å². The van der Waals surface area contributed by atoms with Gasteiger partial charge in [0.15, 0.2) is 34.6 Å². The number of likely N-dealkylation sites (tertiary alicyclic amines) is 2. The largest absolute Gasteiger partial charge is 0.493 e. The van der Waals surface area contributed by atoms with E-state index < -0.39 is 5.41 Å². The Labute approximate surface area is 351 Å². The van der Waals surface area contributed by atoms with Crippen LogP contribution in [-0.2, 0) is 22.4 Å². The normalized spacial score (nSPS) is 15.4. The molecule has 0 aliphatic carbocycles. The lowest BCUT2D eigenvalue weighted by molar-refractivity contribution is -0.135. The Morgan fingerprint density at radius 3 is 1.34 bits per heavy atom. The zero-order valence-corrected chi connectivity index (χ0v) is 35.1. The molecule has 4 aromatic rings. The maximum absolute atomic E-state index is 14.8. The van der Waals surface area contributed by atoms with Crippen LogP contribution in [0.5, 0.6) is 23.0 Å². The average molecular weight is 799 g/mol. The summed E-state index contributed by atoms with van der Waals surface area (Å²) in [5.74, 6) is 1.98. The van der Waals surface area contributed by atoms with Gasteiger partial charge in [-0.15, -0.1) is 0 Å². The number of nitrogens with zero attached hydrogens (tertiary/aromatic N) is 2. The Kier molecular flexibility index (Phi) is 16.8. The van der Waals surface area contributed by atoms with Crippen molar-refractivity contribution in [2.75, 3.05) is 66.7 Å². The van der Waals surface area contributed by atoms with Gasteiger partial charge in [0, 0.05) is 13.1 Å². The molecule has 312 valence electrons. The number of rotatable bonds is 22. The number of carbonyl (C=O) groups is 2. The first-order chi connectivity index (χ1) is 29.0. The molecule has 0 amide bonds. The molecule has 0 atom stereocenters. The molecule has 0 aromatic heterocycles. The Hall–Kier alpha value is -5.18. The van der Waals surface area contributed by atoms with Gasteiger partial charge in [-0.1, -0.05) is 97.8 Å². The summed E-state index contributed by atoms with van der Waals surface area (Å²) in [5, 5.41) is 0. The zero-order valence-electron chi connectivity index (χ0n) is 35.1. The van der Waals surface area contributed by atoms with Crippen LogP contribution in [0.4, 0.5) is 0 Å². The van der Waals surface area contributed by atoms with Gasteiger partial charge >= 0.3 is 0 Å². The van der Waals surface area contributed by atoms with E-state index in [0.29, 0.717) is 36.2 Å². The first kappa shape index (κ1) is 43.4. The van der Waals surface area contributed by atoms with Crippen LogP contribution in [0.1, 0.15) is 73.6 Å². The summed E-state index contributed by atoms with van der Waals surface area (Å²) in [4.78, 5) is 34.5. The van der Waals surface area contributed by atoms with E-state index in [-0.39, 0.29) is 24.4 Å². The fourth-order valence-corrected chi connectivity index (χ4v) is 8.20. The molecule has 8 nitrogen and oxygen atoms in total. The van der Waals surface area contributed by atoms with Crippen molar-refractivity contribution in [3.05, 3.63) is 131 Å². The van der Waals surface area contributed by atoms with Crippen molar-refractivity contribution in [2.45, 2.75) is 64.2 Å². The number of piperidine rings is 2. The van der Waals surface area contributed by atoms with E-state index >= 15 is 0 Å². The fraction of sp³-hybridized carbons (Fsp3) is 0.412. The lowest BCUT2D eigenvalue weighted by atomic mass is 9.69. The van der Waals surface area contributed by atoms with E-state index in [1.54, 1.807) is 38.5 Å². The summed E-state index contributed by atoms with van der Waals surface area (Å²) in [7, 11) is 3.25. The van der Waals surface area contributed by atoms with Crippen LogP contribution in [-0.4, -0.2) is 88.1 Å². The number of ether oxygens (including phenoxy) is 4. The van der Waals surface area contributed by atoms with Gasteiger partial charge in [-0.2, -0.15) is 0 Å². The molecule has 2 aliphatic heterocycles. The number of hydrogen-bond acceptors (Lipinski definition) is 8. The zero-order chi connectivity index (χ0) is 41.1. The van der Waals surface area contributed by atoms with Gasteiger partial charge in [-0.25, -0.2) is 0 Å². The SMILES string of the molecule is COc1cc(/C=C\C(=O)C(Cc2ccccc2)(Cc2ccccc2)C(=O)/C=C/c2ccc(OCCCN3CCCCC3)c(OC)c2)ccc1OCCCN1CCCCC1. The summed E-state index contributed by atoms with van der Waals surface area (Å²) in [6.45, 7) is 7.93. The van der Waals surface area contributed by atoms with Gasteiger partial charge in [0.25, 0.3) is 0 Å². The van der Waals surface area contributed by atoms with Crippen molar-refractivity contribution in [2.24, 2.45) is 5.41 Å². The number of ketones is 2. The van der Waals surface area contributed by atoms with Crippen molar-refractivity contribution in [3.63, 3.8) is 0 Å². The average Bonchev–Trinajstić information content (AvgIpc) is 3.29. The molecule has 0 radical (unpaired) electrons. The number of hydrogen-bond donors (Lipinski definition) is 0. The molecule has 2 saturated heterocycles. The third-order valence-electron chi connectivity index (χ3n) is 11.5. The highest BCUT2D eigenvalue weighted by atomic mass is 16.5. The third-order valence-corrected chi connectivity index (χ3v) is 11.5. The third kappa shape index (κ3) is 12.9. The first-order valence-electron chi connectivity index (χ1n) is 21.5. The second-order valence-electron chi connectivity index (χ2n) is 15.8. The smallest absolute Gasteiger partial charge is 0.170 e.